The zero-order valence-electron chi connectivity index (χ0n) is 12.8. The molecule has 0 fully saturated rings. The maximum atomic E-state index is 12.0. The maximum Gasteiger partial charge on any atom is 0.326 e. The third-order valence-corrected chi connectivity index (χ3v) is 3.20. The average molecular weight is 321 g/mol. The summed E-state index contributed by atoms with van der Waals surface area (Å²) in [6.07, 6.45) is 1.09. The molecule has 8 N–H and O–H groups in total. The molecule has 126 valence electrons. The van der Waals surface area contributed by atoms with E-state index in [1.54, 1.807) is 12.1 Å². The van der Waals surface area contributed by atoms with Crippen LogP contribution in [0.4, 0.5) is 0 Å². The molecular formula is C15H23N5O3. The molecule has 0 bridgehead atoms. The smallest absolute Gasteiger partial charge is 0.326 e. The number of benzene rings is 1. The Kier molecular flexibility index (Phi) is 7.55. The number of aliphatic carboxylic acids is 1. The van der Waals surface area contributed by atoms with Gasteiger partial charge in [-0.1, -0.05) is 30.3 Å². The van der Waals surface area contributed by atoms with Crippen molar-refractivity contribution in [3.05, 3.63) is 35.9 Å². The lowest BCUT2D eigenvalue weighted by Crippen LogP contribution is -2.49. The van der Waals surface area contributed by atoms with Crippen molar-refractivity contribution < 1.29 is 14.7 Å². The summed E-state index contributed by atoms with van der Waals surface area (Å²) in [5.74, 6) is -1.62. The number of carboxylic acids is 1. The van der Waals surface area contributed by atoms with Gasteiger partial charge in [0.25, 0.3) is 0 Å². The van der Waals surface area contributed by atoms with E-state index in [0.717, 1.165) is 5.56 Å². The fraction of sp³-hybridized carbons (Fsp3) is 0.400. The minimum absolute atomic E-state index is 0.0168. The first-order chi connectivity index (χ1) is 10.9. The Morgan fingerprint density at radius 2 is 1.87 bits per heavy atom. The Bertz CT molecular complexity index is 543. The number of aliphatic imine (C=N–C) groups is 1. The number of hydrogen-bond donors (Lipinski definition) is 5. The molecule has 0 aliphatic rings. The Morgan fingerprint density at radius 1 is 1.22 bits per heavy atom. The van der Waals surface area contributed by atoms with Gasteiger partial charge in [-0.25, -0.2) is 4.79 Å². The molecule has 0 saturated carbocycles. The number of guanidine groups is 1. The number of carbonyl (C=O) groups is 2. The van der Waals surface area contributed by atoms with Crippen LogP contribution in [0.3, 0.4) is 0 Å². The SMILES string of the molecule is NC(N)=NCCC[C@@H](N)C(=O)N[C@@H](Cc1ccccc1)C(=O)O. The van der Waals surface area contributed by atoms with E-state index in [1.807, 2.05) is 18.2 Å². The van der Waals surface area contributed by atoms with Gasteiger partial charge in [-0.05, 0) is 18.4 Å². The lowest BCUT2D eigenvalue weighted by molar-refractivity contribution is -0.142. The molecular weight excluding hydrogens is 298 g/mol. The largest absolute Gasteiger partial charge is 0.480 e. The molecule has 0 heterocycles. The van der Waals surface area contributed by atoms with Gasteiger partial charge in [0, 0.05) is 13.0 Å². The van der Waals surface area contributed by atoms with E-state index in [4.69, 9.17) is 17.2 Å². The zero-order valence-corrected chi connectivity index (χ0v) is 12.8. The van der Waals surface area contributed by atoms with Crippen molar-refractivity contribution in [3.63, 3.8) is 0 Å². The Labute approximate surface area is 134 Å². The highest BCUT2D eigenvalue weighted by atomic mass is 16.4. The van der Waals surface area contributed by atoms with E-state index in [9.17, 15) is 14.7 Å². The predicted molar refractivity (Wildman–Crippen MR) is 87.6 cm³/mol. The number of carbonyl (C=O) groups excluding carboxylic acids is 1. The van der Waals surface area contributed by atoms with E-state index in [-0.39, 0.29) is 12.4 Å². The first-order valence-corrected chi connectivity index (χ1v) is 7.28. The van der Waals surface area contributed by atoms with Crippen LogP contribution in [0.5, 0.6) is 0 Å². The van der Waals surface area contributed by atoms with Gasteiger partial charge in [-0.2, -0.15) is 0 Å². The van der Waals surface area contributed by atoms with Crippen LogP contribution < -0.4 is 22.5 Å². The van der Waals surface area contributed by atoms with E-state index in [0.29, 0.717) is 19.4 Å². The second kappa shape index (κ2) is 9.42. The van der Waals surface area contributed by atoms with Gasteiger partial charge in [-0.3, -0.25) is 9.79 Å². The van der Waals surface area contributed by atoms with E-state index >= 15 is 0 Å². The molecule has 1 amide bonds. The number of hydrogen-bond acceptors (Lipinski definition) is 4. The summed E-state index contributed by atoms with van der Waals surface area (Å²) in [5.41, 5.74) is 17.0. The minimum atomic E-state index is -1.10. The minimum Gasteiger partial charge on any atom is -0.480 e. The summed E-state index contributed by atoms with van der Waals surface area (Å²) < 4.78 is 0. The third-order valence-electron chi connectivity index (χ3n) is 3.20. The van der Waals surface area contributed by atoms with Crippen molar-refractivity contribution in [3.8, 4) is 0 Å². The number of carboxylic acid groups (broad SMARTS) is 1. The lowest BCUT2D eigenvalue weighted by Gasteiger charge is -2.17. The fourth-order valence-corrected chi connectivity index (χ4v) is 1.98. The van der Waals surface area contributed by atoms with Gasteiger partial charge in [0.1, 0.15) is 6.04 Å². The summed E-state index contributed by atoms with van der Waals surface area (Å²) >= 11 is 0. The van der Waals surface area contributed by atoms with Crippen LogP contribution in [-0.4, -0.2) is 41.6 Å². The molecule has 0 saturated heterocycles. The molecule has 1 aromatic carbocycles. The second-order valence-electron chi connectivity index (χ2n) is 5.14. The molecule has 0 aromatic heterocycles. The number of nitrogens with one attached hydrogen (secondary N) is 1. The number of nitrogens with two attached hydrogens (primary N) is 3. The number of rotatable bonds is 9. The van der Waals surface area contributed by atoms with Crippen LogP contribution in [0.15, 0.2) is 35.3 Å². The molecule has 8 heteroatoms. The van der Waals surface area contributed by atoms with Crippen molar-refractivity contribution in [1.29, 1.82) is 0 Å². The maximum absolute atomic E-state index is 12.0. The summed E-state index contributed by atoms with van der Waals surface area (Å²) in [6, 6.07) is 7.24. The summed E-state index contributed by atoms with van der Waals surface area (Å²) in [4.78, 5) is 27.1. The van der Waals surface area contributed by atoms with Gasteiger partial charge in [-0.15, -0.1) is 0 Å². The summed E-state index contributed by atoms with van der Waals surface area (Å²) in [7, 11) is 0. The predicted octanol–water partition coefficient (Wildman–Crippen LogP) is -0.821. The van der Waals surface area contributed by atoms with Crippen LogP contribution in [0.1, 0.15) is 18.4 Å². The number of nitrogens with zero attached hydrogens (tertiary/aromatic N) is 1. The first-order valence-electron chi connectivity index (χ1n) is 7.28. The Hall–Kier alpha value is -2.61. The first kappa shape index (κ1) is 18.4. The quantitative estimate of drug-likeness (QED) is 0.227. The summed E-state index contributed by atoms with van der Waals surface area (Å²) in [6.45, 7) is 0.371. The normalized spacial score (nSPS) is 12.9. The average Bonchev–Trinajstić information content (AvgIpc) is 2.51. The van der Waals surface area contributed by atoms with E-state index in [2.05, 4.69) is 10.3 Å². The van der Waals surface area contributed by atoms with Gasteiger partial charge in [0.15, 0.2) is 5.96 Å². The van der Waals surface area contributed by atoms with Gasteiger partial charge in [0.2, 0.25) is 5.91 Å². The Morgan fingerprint density at radius 3 is 2.43 bits per heavy atom. The van der Waals surface area contributed by atoms with Crippen molar-refractivity contribution in [2.75, 3.05) is 6.54 Å². The van der Waals surface area contributed by atoms with Crippen molar-refractivity contribution >= 4 is 17.8 Å². The van der Waals surface area contributed by atoms with E-state index < -0.39 is 24.0 Å². The molecule has 0 aliphatic carbocycles. The van der Waals surface area contributed by atoms with Gasteiger partial charge < -0.3 is 27.6 Å². The van der Waals surface area contributed by atoms with Crippen LogP contribution >= 0.6 is 0 Å². The van der Waals surface area contributed by atoms with Crippen molar-refractivity contribution in [1.82, 2.24) is 5.32 Å². The highest BCUT2D eigenvalue weighted by molar-refractivity contribution is 5.86. The van der Waals surface area contributed by atoms with Gasteiger partial charge in [0.05, 0.1) is 6.04 Å². The molecule has 0 aliphatic heterocycles. The molecule has 1 rings (SSSR count). The summed E-state index contributed by atoms with van der Waals surface area (Å²) in [5, 5.41) is 11.7. The van der Waals surface area contributed by atoms with Gasteiger partial charge >= 0.3 is 5.97 Å². The van der Waals surface area contributed by atoms with Crippen LogP contribution in [0, 0.1) is 0 Å². The second-order valence-corrected chi connectivity index (χ2v) is 5.14. The standard InChI is InChI=1S/C15H23N5O3/c16-11(7-4-8-19-15(17)18)13(21)20-12(14(22)23)9-10-5-2-1-3-6-10/h1-3,5-6,11-12H,4,7-9,16H2,(H,20,21)(H,22,23)(H4,17,18,19)/t11-,12+/m1/s1. The molecule has 23 heavy (non-hydrogen) atoms. The highest BCUT2D eigenvalue weighted by Crippen LogP contribution is 2.04. The molecule has 0 spiro atoms. The van der Waals surface area contributed by atoms with Crippen LogP contribution in [0.2, 0.25) is 0 Å². The fourth-order valence-electron chi connectivity index (χ4n) is 1.98. The lowest BCUT2D eigenvalue weighted by atomic mass is 10.0. The highest BCUT2D eigenvalue weighted by Gasteiger charge is 2.23. The topological polar surface area (TPSA) is 157 Å². The van der Waals surface area contributed by atoms with Crippen molar-refractivity contribution in [2.24, 2.45) is 22.2 Å². The molecule has 0 radical (unpaired) electrons. The van der Waals surface area contributed by atoms with Crippen LogP contribution in [0.25, 0.3) is 0 Å². The zero-order chi connectivity index (χ0) is 17.2. The Balaban J connectivity index is 2.50. The van der Waals surface area contributed by atoms with Crippen LogP contribution in [-0.2, 0) is 16.0 Å². The molecule has 8 nitrogen and oxygen atoms in total. The van der Waals surface area contributed by atoms with Crippen molar-refractivity contribution in [2.45, 2.75) is 31.3 Å². The molecule has 1 aromatic rings. The van der Waals surface area contributed by atoms with E-state index in [1.165, 1.54) is 0 Å². The molecule has 2 atom stereocenters. The monoisotopic (exact) mass is 321 g/mol. The number of amides is 1. The molecule has 0 unspecified atom stereocenters. The third kappa shape index (κ3) is 7.28.